The summed E-state index contributed by atoms with van der Waals surface area (Å²) in [4.78, 5) is 0. The molecule has 0 heterocycles. The van der Waals surface area contributed by atoms with Crippen molar-refractivity contribution in [2.75, 3.05) is 0 Å². The van der Waals surface area contributed by atoms with Crippen molar-refractivity contribution >= 4 is 27.5 Å². The quantitative estimate of drug-likeness (QED) is 0.810. The monoisotopic (exact) mass is 288 g/mol. The van der Waals surface area contributed by atoms with Gasteiger partial charge >= 0.3 is 0 Å². The van der Waals surface area contributed by atoms with Gasteiger partial charge in [-0.15, -0.1) is 6.58 Å². The second-order valence-corrected chi connectivity index (χ2v) is 5.00. The third kappa shape index (κ3) is 3.98. The van der Waals surface area contributed by atoms with Crippen molar-refractivity contribution in [2.24, 2.45) is 0 Å². The molecule has 0 bridgehead atoms. The van der Waals surface area contributed by atoms with E-state index >= 15 is 0 Å². The minimum atomic E-state index is -0.512. The molecule has 0 spiro atoms. The number of rotatable bonds is 4. The van der Waals surface area contributed by atoms with Crippen LogP contribution in [0.2, 0.25) is 5.02 Å². The highest BCUT2D eigenvalue weighted by molar-refractivity contribution is 9.10. The van der Waals surface area contributed by atoms with Crippen molar-refractivity contribution in [1.29, 1.82) is 0 Å². The molecule has 0 aromatic heterocycles. The lowest BCUT2D eigenvalue weighted by Crippen LogP contribution is -1.98. The van der Waals surface area contributed by atoms with Crippen molar-refractivity contribution in [3.8, 4) is 0 Å². The zero-order chi connectivity index (χ0) is 11.4. The minimum absolute atomic E-state index is 0.512. The molecule has 0 saturated carbocycles. The zero-order valence-corrected chi connectivity index (χ0v) is 11.0. The number of aliphatic hydroxyl groups excluding tert-OH is 1. The van der Waals surface area contributed by atoms with Crippen LogP contribution in [-0.4, -0.2) is 5.11 Å². The van der Waals surface area contributed by atoms with Crippen LogP contribution in [0.5, 0.6) is 0 Å². The first-order chi connectivity index (χ1) is 7.00. The van der Waals surface area contributed by atoms with Gasteiger partial charge in [0.25, 0.3) is 0 Å². The Morgan fingerprint density at radius 2 is 2.27 bits per heavy atom. The SMILES string of the molecule is C=C(C)CCC(O)c1ccc(Br)cc1Cl. The lowest BCUT2D eigenvalue weighted by molar-refractivity contribution is 0.168. The summed E-state index contributed by atoms with van der Waals surface area (Å²) in [6.07, 6.45) is 0.965. The predicted octanol–water partition coefficient (Wildman–Crippen LogP) is 4.49. The van der Waals surface area contributed by atoms with Crippen LogP contribution in [0.4, 0.5) is 0 Å². The van der Waals surface area contributed by atoms with E-state index in [9.17, 15) is 5.11 Å². The van der Waals surface area contributed by atoms with Gasteiger partial charge in [-0.1, -0.05) is 39.2 Å². The molecule has 1 rings (SSSR count). The van der Waals surface area contributed by atoms with Gasteiger partial charge in [-0.05, 0) is 37.5 Å². The average Bonchev–Trinajstić information content (AvgIpc) is 2.14. The Kier molecular flexibility index (Phi) is 4.84. The molecule has 82 valence electrons. The van der Waals surface area contributed by atoms with Gasteiger partial charge in [-0.3, -0.25) is 0 Å². The van der Waals surface area contributed by atoms with Crippen LogP contribution in [0.3, 0.4) is 0 Å². The molecule has 15 heavy (non-hydrogen) atoms. The summed E-state index contributed by atoms with van der Waals surface area (Å²) in [5, 5.41) is 10.5. The smallest absolute Gasteiger partial charge is 0.0807 e. The molecule has 0 aliphatic rings. The maximum atomic E-state index is 9.90. The summed E-state index contributed by atoms with van der Waals surface area (Å²) in [6.45, 7) is 5.76. The summed E-state index contributed by atoms with van der Waals surface area (Å²) < 4.78 is 0.920. The molecule has 0 aliphatic heterocycles. The van der Waals surface area contributed by atoms with Gasteiger partial charge in [0.15, 0.2) is 0 Å². The molecule has 0 radical (unpaired) electrons. The molecule has 1 nitrogen and oxygen atoms in total. The van der Waals surface area contributed by atoms with E-state index in [-0.39, 0.29) is 0 Å². The highest BCUT2D eigenvalue weighted by Crippen LogP contribution is 2.29. The van der Waals surface area contributed by atoms with Crippen LogP contribution in [0.25, 0.3) is 0 Å². The van der Waals surface area contributed by atoms with E-state index in [0.717, 1.165) is 22.0 Å². The van der Waals surface area contributed by atoms with Gasteiger partial charge in [-0.2, -0.15) is 0 Å². The molecule has 0 aliphatic carbocycles. The molecule has 1 unspecified atom stereocenters. The largest absolute Gasteiger partial charge is 0.388 e. The highest BCUT2D eigenvalue weighted by Gasteiger charge is 2.11. The average molecular weight is 290 g/mol. The standard InChI is InChI=1S/C12H14BrClO/c1-8(2)3-6-12(15)10-5-4-9(13)7-11(10)14/h4-5,7,12,15H,1,3,6H2,2H3. The molecule has 3 heteroatoms. The first-order valence-electron chi connectivity index (χ1n) is 4.78. The van der Waals surface area contributed by atoms with Gasteiger partial charge in [0, 0.05) is 9.50 Å². The third-order valence-corrected chi connectivity index (χ3v) is 2.99. The molecule has 1 aromatic rings. The summed E-state index contributed by atoms with van der Waals surface area (Å²) >= 11 is 9.35. The second kappa shape index (κ2) is 5.69. The number of benzene rings is 1. The number of halogens is 2. The Hall–Kier alpha value is -0.310. The number of allylic oxidation sites excluding steroid dienone is 1. The van der Waals surface area contributed by atoms with Gasteiger partial charge < -0.3 is 5.11 Å². The third-order valence-electron chi connectivity index (χ3n) is 2.17. The molecular weight excluding hydrogens is 275 g/mol. The topological polar surface area (TPSA) is 20.2 Å². The maximum absolute atomic E-state index is 9.90. The summed E-state index contributed by atoms with van der Waals surface area (Å²) in [5.74, 6) is 0. The van der Waals surface area contributed by atoms with Crippen LogP contribution in [0.1, 0.15) is 31.4 Å². The normalized spacial score (nSPS) is 12.5. The Bertz CT molecular complexity index is 363. The Morgan fingerprint density at radius 3 is 2.80 bits per heavy atom. The van der Waals surface area contributed by atoms with Crippen molar-refractivity contribution in [3.63, 3.8) is 0 Å². The molecule has 0 saturated heterocycles. The first kappa shape index (κ1) is 12.8. The Balaban J connectivity index is 2.73. The Labute approximate surface area is 104 Å². The highest BCUT2D eigenvalue weighted by atomic mass is 79.9. The van der Waals surface area contributed by atoms with Crippen LogP contribution in [0, 0.1) is 0 Å². The predicted molar refractivity (Wildman–Crippen MR) is 68.2 cm³/mol. The van der Waals surface area contributed by atoms with E-state index < -0.39 is 6.10 Å². The van der Waals surface area contributed by atoms with Gasteiger partial charge in [0.2, 0.25) is 0 Å². The van der Waals surface area contributed by atoms with Gasteiger partial charge in [-0.25, -0.2) is 0 Å². The van der Waals surface area contributed by atoms with E-state index in [1.165, 1.54) is 0 Å². The molecule has 1 aromatic carbocycles. The first-order valence-corrected chi connectivity index (χ1v) is 5.95. The van der Waals surface area contributed by atoms with E-state index in [2.05, 4.69) is 22.5 Å². The van der Waals surface area contributed by atoms with Gasteiger partial charge in [0.1, 0.15) is 0 Å². The van der Waals surface area contributed by atoms with E-state index in [1.807, 2.05) is 19.1 Å². The number of hydrogen-bond donors (Lipinski definition) is 1. The summed E-state index contributed by atoms with van der Waals surface area (Å²) in [7, 11) is 0. The summed E-state index contributed by atoms with van der Waals surface area (Å²) in [5.41, 5.74) is 1.85. The second-order valence-electron chi connectivity index (χ2n) is 3.68. The van der Waals surface area contributed by atoms with Crippen molar-refractivity contribution in [2.45, 2.75) is 25.9 Å². The fraction of sp³-hybridized carbons (Fsp3) is 0.333. The molecule has 0 fully saturated rings. The lowest BCUT2D eigenvalue weighted by Gasteiger charge is -2.12. The lowest BCUT2D eigenvalue weighted by atomic mass is 10.0. The fourth-order valence-electron chi connectivity index (χ4n) is 1.31. The molecule has 1 atom stereocenters. The minimum Gasteiger partial charge on any atom is -0.388 e. The van der Waals surface area contributed by atoms with E-state index in [0.29, 0.717) is 11.4 Å². The number of hydrogen-bond acceptors (Lipinski definition) is 1. The van der Waals surface area contributed by atoms with E-state index in [4.69, 9.17) is 11.6 Å². The van der Waals surface area contributed by atoms with Crippen LogP contribution in [-0.2, 0) is 0 Å². The van der Waals surface area contributed by atoms with Crippen LogP contribution < -0.4 is 0 Å². The fourth-order valence-corrected chi connectivity index (χ4v) is 2.11. The number of aliphatic hydroxyl groups is 1. The van der Waals surface area contributed by atoms with Crippen LogP contribution >= 0.6 is 27.5 Å². The molecule has 1 N–H and O–H groups in total. The van der Waals surface area contributed by atoms with Gasteiger partial charge in [0.05, 0.1) is 6.10 Å². The van der Waals surface area contributed by atoms with Crippen molar-refractivity contribution < 1.29 is 5.11 Å². The molecular formula is C12H14BrClO. The van der Waals surface area contributed by atoms with E-state index in [1.54, 1.807) is 6.07 Å². The zero-order valence-electron chi connectivity index (χ0n) is 8.63. The molecule has 0 amide bonds. The van der Waals surface area contributed by atoms with Crippen LogP contribution in [0.15, 0.2) is 34.8 Å². The maximum Gasteiger partial charge on any atom is 0.0807 e. The Morgan fingerprint density at radius 1 is 1.60 bits per heavy atom. The summed E-state index contributed by atoms with van der Waals surface area (Å²) in [6, 6.07) is 5.52. The van der Waals surface area contributed by atoms with Crippen molar-refractivity contribution in [3.05, 3.63) is 45.4 Å². The van der Waals surface area contributed by atoms with Crippen molar-refractivity contribution in [1.82, 2.24) is 0 Å².